The number of piperazine rings is 1. The minimum atomic E-state index is -0.167. The monoisotopic (exact) mass is 538 g/mol. The van der Waals surface area contributed by atoms with Crippen molar-refractivity contribution in [2.45, 2.75) is 38.8 Å². The van der Waals surface area contributed by atoms with Crippen LogP contribution in [0, 0.1) is 6.92 Å². The summed E-state index contributed by atoms with van der Waals surface area (Å²) in [4.78, 5) is 38.6. The summed E-state index contributed by atoms with van der Waals surface area (Å²) in [6, 6.07) is 17.5. The highest BCUT2D eigenvalue weighted by Gasteiger charge is 2.26. The van der Waals surface area contributed by atoms with Gasteiger partial charge in [-0.25, -0.2) is 0 Å². The van der Waals surface area contributed by atoms with Gasteiger partial charge in [0.15, 0.2) is 0 Å². The molecule has 0 saturated carbocycles. The number of H-pyrrole nitrogens is 1. The SMILES string of the molecule is Cc1ccc(CN2CCN(C(=O)c3cc4cc(C5CCN(Cc6c[nH]c(=O)cn6)CC5)ccc4n3C)CC2)cc1. The van der Waals surface area contributed by atoms with Crippen LogP contribution in [0.25, 0.3) is 10.9 Å². The van der Waals surface area contributed by atoms with Crippen molar-refractivity contribution < 1.29 is 4.79 Å². The number of rotatable bonds is 6. The van der Waals surface area contributed by atoms with E-state index in [0.29, 0.717) is 5.92 Å². The van der Waals surface area contributed by atoms with Crippen molar-refractivity contribution in [2.75, 3.05) is 39.3 Å². The highest BCUT2D eigenvalue weighted by molar-refractivity contribution is 5.99. The molecule has 6 rings (SSSR count). The van der Waals surface area contributed by atoms with E-state index in [9.17, 15) is 9.59 Å². The zero-order valence-electron chi connectivity index (χ0n) is 23.5. The third-order valence-electron chi connectivity index (χ3n) is 8.65. The van der Waals surface area contributed by atoms with Gasteiger partial charge >= 0.3 is 0 Å². The molecule has 1 amide bonds. The maximum absolute atomic E-state index is 13.5. The molecule has 0 unspecified atom stereocenters. The van der Waals surface area contributed by atoms with Crippen LogP contribution in [0.2, 0.25) is 0 Å². The largest absolute Gasteiger partial charge is 0.340 e. The van der Waals surface area contributed by atoms with Crippen LogP contribution < -0.4 is 5.56 Å². The van der Waals surface area contributed by atoms with Crippen molar-refractivity contribution in [1.29, 1.82) is 0 Å². The smallest absolute Gasteiger partial charge is 0.270 e. The highest BCUT2D eigenvalue weighted by Crippen LogP contribution is 2.32. The van der Waals surface area contributed by atoms with Gasteiger partial charge < -0.3 is 14.5 Å². The number of aromatic amines is 1. The van der Waals surface area contributed by atoms with Crippen LogP contribution in [0.4, 0.5) is 0 Å². The topological polar surface area (TPSA) is 77.5 Å². The van der Waals surface area contributed by atoms with Crippen molar-refractivity contribution in [3.8, 4) is 0 Å². The van der Waals surface area contributed by atoms with Crippen molar-refractivity contribution in [3.05, 3.63) is 99.4 Å². The second kappa shape index (κ2) is 11.4. The Hall–Kier alpha value is -3.75. The Kier molecular flexibility index (Phi) is 7.54. The standard InChI is InChI=1S/C32H38N6O2/c1-23-3-5-24(6-4-23)21-37-13-15-38(16-14-37)32(40)30-18-27-17-26(7-8-29(27)35(30)2)25-9-11-36(12-10-25)22-28-19-34-31(39)20-33-28/h3-8,17-20,25H,9-16,21-22H2,1-2H3,(H,34,39). The zero-order valence-corrected chi connectivity index (χ0v) is 23.5. The second-order valence-corrected chi connectivity index (χ2v) is 11.4. The maximum Gasteiger partial charge on any atom is 0.270 e. The Morgan fingerprint density at radius 3 is 2.35 bits per heavy atom. The normalized spacial score (nSPS) is 17.5. The number of carbonyl (C=O) groups excluding carboxylic acids is 1. The quantitative estimate of drug-likeness (QED) is 0.403. The van der Waals surface area contributed by atoms with Crippen LogP contribution in [-0.2, 0) is 20.1 Å². The summed E-state index contributed by atoms with van der Waals surface area (Å²) >= 11 is 0. The van der Waals surface area contributed by atoms with Crippen molar-refractivity contribution >= 4 is 16.8 Å². The number of nitrogens with one attached hydrogen (secondary N) is 1. The molecule has 0 aliphatic carbocycles. The van der Waals surface area contributed by atoms with Crippen molar-refractivity contribution in [3.63, 3.8) is 0 Å². The summed E-state index contributed by atoms with van der Waals surface area (Å²) < 4.78 is 2.06. The summed E-state index contributed by atoms with van der Waals surface area (Å²) in [7, 11) is 2.01. The van der Waals surface area contributed by atoms with E-state index in [0.717, 1.165) is 87.5 Å². The number of hydrogen-bond acceptors (Lipinski definition) is 5. The number of aromatic nitrogens is 3. The van der Waals surface area contributed by atoms with Gasteiger partial charge in [0.1, 0.15) is 5.69 Å². The molecule has 2 aliphatic rings. The lowest BCUT2D eigenvalue weighted by atomic mass is 9.89. The van der Waals surface area contributed by atoms with Crippen LogP contribution in [0.5, 0.6) is 0 Å². The van der Waals surface area contributed by atoms with Crippen LogP contribution in [0.15, 0.2) is 65.7 Å². The lowest BCUT2D eigenvalue weighted by Crippen LogP contribution is -2.48. The molecule has 1 N–H and O–H groups in total. The first-order valence-corrected chi connectivity index (χ1v) is 14.4. The van der Waals surface area contributed by atoms with Gasteiger partial charge in [0, 0.05) is 63.4 Å². The predicted molar refractivity (Wildman–Crippen MR) is 157 cm³/mol. The fourth-order valence-corrected chi connectivity index (χ4v) is 6.16. The molecule has 4 aromatic rings. The van der Waals surface area contributed by atoms with Crippen LogP contribution in [0.3, 0.4) is 0 Å². The molecule has 40 heavy (non-hydrogen) atoms. The Balaban J connectivity index is 1.07. The number of aryl methyl sites for hydroxylation is 2. The van der Waals surface area contributed by atoms with Gasteiger partial charge in [0.2, 0.25) is 0 Å². The van der Waals surface area contributed by atoms with E-state index in [1.54, 1.807) is 6.20 Å². The first-order valence-electron chi connectivity index (χ1n) is 14.4. The number of carbonyl (C=O) groups is 1. The summed E-state index contributed by atoms with van der Waals surface area (Å²) in [6.07, 6.45) is 5.23. The molecule has 0 atom stereocenters. The van der Waals surface area contributed by atoms with E-state index in [1.165, 1.54) is 22.9 Å². The summed E-state index contributed by atoms with van der Waals surface area (Å²) in [5, 5.41) is 1.14. The Labute approximate surface area is 235 Å². The minimum absolute atomic E-state index is 0.124. The number of benzene rings is 2. The molecule has 4 heterocycles. The number of nitrogens with zero attached hydrogens (tertiary/aromatic N) is 5. The van der Waals surface area contributed by atoms with Crippen LogP contribution >= 0.6 is 0 Å². The van der Waals surface area contributed by atoms with Crippen molar-refractivity contribution in [2.24, 2.45) is 7.05 Å². The summed E-state index contributed by atoms with van der Waals surface area (Å²) in [6.45, 7) is 9.10. The van der Waals surface area contributed by atoms with E-state index in [-0.39, 0.29) is 11.5 Å². The molecular formula is C32H38N6O2. The highest BCUT2D eigenvalue weighted by atomic mass is 16.2. The minimum Gasteiger partial charge on any atom is -0.340 e. The van der Waals surface area contributed by atoms with E-state index >= 15 is 0 Å². The van der Waals surface area contributed by atoms with E-state index in [2.05, 4.69) is 79.8 Å². The van der Waals surface area contributed by atoms with E-state index < -0.39 is 0 Å². The molecular weight excluding hydrogens is 500 g/mol. The maximum atomic E-state index is 13.5. The third-order valence-corrected chi connectivity index (χ3v) is 8.65. The molecule has 2 saturated heterocycles. The summed E-state index contributed by atoms with van der Waals surface area (Å²) in [5.74, 6) is 0.629. The Morgan fingerprint density at radius 2 is 1.65 bits per heavy atom. The molecule has 8 nitrogen and oxygen atoms in total. The predicted octanol–water partition coefficient (Wildman–Crippen LogP) is 3.91. The third kappa shape index (κ3) is 5.74. The first kappa shape index (κ1) is 26.5. The van der Waals surface area contributed by atoms with Gasteiger partial charge in [-0.1, -0.05) is 35.9 Å². The number of amides is 1. The molecule has 2 aromatic heterocycles. The number of hydrogen-bond donors (Lipinski definition) is 1. The van der Waals surface area contributed by atoms with Crippen LogP contribution in [0.1, 0.15) is 51.6 Å². The lowest BCUT2D eigenvalue weighted by Gasteiger charge is -2.34. The molecule has 2 fully saturated rings. The van der Waals surface area contributed by atoms with Gasteiger partial charge in [0.05, 0.1) is 11.9 Å². The number of piperidine rings is 1. The van der Waals surface area contributed by atoms with Gasteiger partial charge in [-0.3, -0.25) is 24.4 Å². The fourth-order valence-electron chi connectivity index (χ4n) is 6.16. The van der Waals surface area contributed by atoms with Crippen LogP contribution in [-0.4, -0.2) is 74.4 Å². The molecule has 2 aromatic carbocycles. The van der Waals surface area contributed by atoms with E-state index in [4.69, 9.17) is 0 Å². The lowest BCUT2D eigenvalue weighted by molar-refractivity contribution is 0.0619. The Morgan fingerprint density at radius 1 is 0.925 bits per heavy atom. The molecule has 0 bridgehead atoms. The van der Waals surface area contributed by atoms with Gasteiger partial charge in [-0.2, -0.15) is 0 Å². The van der Waals surface area contributed by atoms with Gasteiger partial charge in [0.25, 0.3) is 11.5 Å². The second-order valence-electron chi connectivity index (χ2n) is 11.4. The zero-order chi connectivity index (χ0) is 27.6. The van der Waals surface area contributed by atoms with Gasteiger partial charge in [-0.05, 0) is 68.1 Å². The van der Waals surface area contributed by atoms with E-state index in [1.807, 2.05) is 11.9 Å². The number of likely N-dealkylation sites (tertiary alicyclic amines) is 1. The molecule has 0 radical (unpaired) electrons. The average molecular weight is 539 g/mol. The first-order chi connectivity index (χ1) is 19.4. The molecule has 8 heteroatoms. The molecule has 2 aliphatic heterocycles. The number of fused-ring (bicyclic) bond motifs is 1. The molecule has 208 valence electrons. The van der Waals surface area contributed by atoms with Crippen molar-refractivity contribution in [1.82, 2.24) is 29.2 Å². The summed E-state index contributed by atoms with van der Waals surface area (Å²) in [5.41, 5.74) is 6.56. The fraction of sp³-hybridized carbons (Fsp3) is 0.406. The van der Waals surface area contributed by atoms with Gasteiger partial charge in [-0.15, -0.1) is 0 Å². The molecule has 0 spiro atoms. The Bertz CT molecular complexity index is 1520. The average Bonchev–Trinajstić information content (AvgIpc) is 3.31.